The van der Waals surface area contributed by atoms with Crippen LogP contribution < -0.4 is 5.32 Å². The van der Waals surface area contributed by atoms with E-state index in [-0.39, 0.29) is 6.10 Å². The quantitative estimate of drug-likeness (QED) is 0.507. The maximum Gasteiger partial charge on any atom is 0.0791 e. The summed E-state index contributed by atoms with van der Waals surface area (Å²) in [5, 5.41) is 13.2. The summed E-state index contributed by atoms with van der Waals surface area (Å²) in [4.78, 5) is 2.34. The molecule has 1 heterocycles. The minimum absolute atomic E-state index is 0.240. The Balaban J connectivity index is 1.79. The lowest BCUT2D eigenvalue weighted by atomic mass is 10.3. The predicted molar refractivity (Wildman–Crippen MR) is 76.5 cm³/mol. The van der Waals surface area contributed by atoms with Gasteiger partial charge in [-0.15, -0.1) is 0 Å². The van der Waals surface area contributed by atoms with Crippen molar-refractivity contribution in [3.8, 4) is 0 Å². The molecular weight excluding hydrogens is 244 g/mol. The Kier molecular flexibility index (Phi) is 10.3. The Hall–Kier alpha value is -0.200. The maximum absolute atomic E-state index is 9.87. The third-order valence-electron chi connectivity index (χ3n) is 3.37. The van der Waals surface area contributed by atoms with Gasteiger partial charge in [0.05, 0.1) is 19.3 Å². The van der Waals surface area contributed by atoms with Crippen molar-refractivity contribution in [2.75, 3.05) is 59.7 Å². The Morgan fingerprint density at radius 3 is 2.68 bits per heavy atom. The first-order chi connectivity index (χ1) is 9.33. The van der Waals surface area contributed by atoms with Crippen LogP contribution in [0.5, 0.6) is 0 Å². The van der Waals surface area contributed by atoms with Gasteiger partial charge in [0.15, 0.2) is 0 Å². The van der Waals surface area contributed by atoms with E-state index in [0.29, 0.717) is 19.8 Å². The largest absolute Gasteiger partial charge is 0.390 e. The lowest BCUT2D eigenvalue weighted by Gasteiger charge is -2.19. The van der Waals surface area contributed by atoms with E-state index in [1.165, 1.54) is 12.8 Å². The van der Waals surface area contributed by atoms with E-state index < -0.39 is 0 Å². The molecule has 1 unspecified atom stereocenters. The van der Waals surface area contributed by atoms with E-state index in [4.69, 9.17) is 9.47 Å². The number of unbranched alkanes of at least 4 members (excludes halogenated alkanes) is 1. The molecule has 1 saturated heterocycles. The van der Waals surface area contributed by atoms with Crippen molar-refractivity contribution in [1.82, 2.24) is 10.2 Å². The molecule has 1 rings (SSSR count). The number of rotatable bonds is 12. The zero-order valence-corrected chi connectivity index (χ0v) is 12.3. The van der Waals surface area contributed by atoms with Crippen molar-refractivity contribution in [2.45, 2.75) is 31.8 Å². The molecule has 0 radical (unpaired) electrons. The zero-order chi connectivity index (χ0) is 13.8. The van der Waals surface area contributed by atoms with E-state index in [9.17, 15) is 5.11 Å². The molecule has 114 valence electrons. The van der Waals surface area contributed by atoms with Gasteiger partial charge in [-0.1, -0.05) is 0 Å². The Bertz CT molecular complexity index is 199. The molecule has 0 saturated carbocycles. The molecule has 1 aliphatic heterocycles. The smallest absolute Gasteiger partial charge is 0.0791 e. The van der Waals surface area contributed by atoms with Crippen LogP contribution in [0.25, 0.3) is 0 Å². The van der Waals surface area contributed by atoms with Crippen molar-refractivity contribution < 1.29 is 14.6 Å². The fraction of sp³-hybridized carbons (Fsp3) is 1.00. The Morgan fingerprint density at radius 2 is 1.95 bits per heavy atom. The SMILES string of the molecule is COCCOCCCCNCC(O)CN1CCCC1. The normalized spacial score (nSPS) is 18.0. The molecule has 0 aromatic heterocycles. The fourth-order valence-corrected chi connectivity index (χ4v) is 2.29. The third kappa shape index (κ3) is 9.35. The van der Waals surface area contributed by atoms with Gasteiger partial charge < -0.3 is 24.8 Å². The number of hydrogen-bond acceptors (Lipinski definition) is 5. The molecule has 2 N–H and O–H groups in total. The van der Waals surface area contributed by atoms with Gasteiger partial charge >= 0.3 is 0 Å². The molecule has 0 spiro atoms. The molecule has 1 fully saturated rings. The van der Waals surface area contributed by atoms with Crippen molar-refractivity contribution in [2.24, 2.45) is 0 Å². The van der Waals surface area contributed by atoms with Gasteiger partial charge in [-0.3, -0.25) is 0 Å². The van der Waals surface area contributed by atoms with E-state index in [2.05, 4.69) is 10.2 Å². The third-order valence-corrected chi connectivity index (χ3v) is 3.37. The van der Waals surface area contributed by atoms with Crippen LogP contribution in [0.4, 0.5) is 0 Å². The van der Waals surface area contributed by atoms with Gasteiger partial charge in [-0.2, -0.15) is 0 Å². The second-order valence-electron chi connectivity index (χ2n) is 5.18. The second kappa shape index (κ2) is 11.6. The lowest BCUT2D eigenvalue weighted by molar-refractivity contribution is 0.0686. The van der Waals surface area contributed by atoms with E-state index in [0.717, 1.165) is 45.6 Å². The summed E-state index contributed by atoms with van der Waals surface area (Å²) in [5.74, 6) is 0. The molecule has 0 bridgehead atoms. The van der Waals surface area contributed by atoms with E-state index >= 15 is 0 Å². The molecule has 1 atom stereocenters. The average Bonchev–Trinajstić information content (AvgIpc) is 2.89. The number of methoxy groups -OCH3 is 1. The molecule has 5 nitrogen and oxygen atoms in total. The molecule has 0 amide bonds. The topological polar surface area (TPSA) is 54.0 Å². The van der Waals surface area contributed by atoms with Crippen LogP contribution in [-0.2, 0) is 9.47 Å². The first kappa shape index (κ1) is 16.9. The summed E-state index contributed by atoms with van der Waals surface area (Å²) in [5.41, 5.74) is 0. The van der Waals surface area contributed by atoms with Crippen LogP contribution in [0.1, 0.15) is 25.7 Å². The minimum atomic E-state index is -0.240. The van der Waals surface area contributed by atoms with Crippen molar-refractivity contribution in [3.05, 3.63) is 0 Å². The summed E-state index contributed by atoms with van der Waals surface area (Å²) < 4.78 is 10.3. The van der Waals surface area contributed by atoms with Gasteiger partial charge in [-0.05, 0) is 45.3 Å². The van der Waals surface area contributed by atoms with Crippen molar-refractivity contribution in [3.63, 3.8) is 0 Å². The number of nitrogens with zero attached hydrogens (tertiary/aromatic N) is 1. The monoisotopic (exact) mass is 274 g/mol. The van der Waals surface area contributed by atoms with Crippen LogP contribution in [0.15, 0.2) is 0 Å². The number of aliphatic hydroxyl groups is 1. The second-order valence-corrected chi connectivity index (χ2v) is 5.18. The highest BCUT2D eigenvalue weighted by atomic mass is 16.5. The number of β-amino-alcohol motifs (C(OH)–C–C–N with tert-alkyl or cyclic N) is 1. The number of hydrogen-bond donors (Lipinski definition) is 2. The summed E-state index contributed by atoms with van der Waals surface area (Å²) in [7, 11) is 1.68. The summed E-state index contributed by atoms with van der Waals surface area (Å²) >= 11 is 0. The number of ether oxygens (including phenoxy) is 2. The molecule has 0 aromatic rings. The zero-order valence-electron chi connectivity index (χ0n) is 12.3. The van der Waals surface area contributed by atoms with Crippen LogP contribution >= 0.6 is 0 Å². The van der Waals surface area contributed by atoms with Crippen molar-refractivity contribution >= 4 is 0 Å². The minimum Gasteiger partial charge on any atom is -0.390 e. The standard InChI is InChI=1S/C14H30N2O3/c1-18-10-11-19-9-5-2-6-15-12-14(17)13-16-7-3-4-8-16/h14-15,17H,2-13H2,1H3. The molecular formula is C14H30N2O3. The number of aliphatic hydroxyl groups excluding tert-OH is 1. The maximum atomic E-state index is 9.87. The first-order valence-corrected chi connectivity index (χ1v) is 7.50. The number of nitrogens with one attached hydrogen (secondary N) is 1. The highest BCUT2D eigenvalue weighted by Crippen LogP contribution is 2.07. The Morgan fingerprint density at radius 1 is 1.16 bits per heavy atom. The summed E-state index contributed by atoms with van der Waals surface area (Å²) in [6, 6.07) is 0. The summed E-state index contributed by atoms with van der Waals surface area (Å²) in [6.45, 7) is 6.89. The van der Waals surface area contributed by atoms with Crippen molar-refractivity contribution in [1.29, 1.82) is 0 Å². The average molecular weight is 274 g/mol. The van der Waals surface area contributed by atoms with Gasteiger partial charge in [0, 0.05) is 26.8 Å². The molecule has 0 aliphatic carbocycles. The van der Waals surface area contributed by atoms with E-state index in [1.807, 2.05) is 0 Å². The van der Waals surface area contributed by atoms with Gasteiger partial charge in [0.1, 0.15) is 0 Å². The van der Waals surface area contributed by atoms with Crippen LogP contribution in [0, 0.1) is 0 Å². The number of likely N-dealkylation sites (tertiary alicyclic amines) is 1. The highest BCUT2D eigenvalue weighted by Gasteiger charge is 2.14. The van der Waals surface area contributed by atoms with Crippen LogP contribution in [0.3, 0.4) is 0 Å². The summed E-state index contributed by atoms with van der Waals surface area (Å²) in [6.07, 6.45) is 4.46. The van der Waals surface area contributed by atoms with Gasteiger partial charge in [0.2, 0.25) is 0 Å². The Labute approximate surface area is 117 Å². The lowest BCUT2D eigenvalue weighted by Crippen LogP contribution is -2.37. The predicted octanol–water partition coefficient (Wildman–Crippen LogP) is 0.476. The van der Waals surface area contributed by atoms with Crippen LogP contribution in [-0.4, -0.2) is 75.8 Å². The molecule has 1 aliphatic rings. The fourth-order valence-electron chi connectivity index (χ4n) is 2.29. The van der Waals surface area contributed by atoms with E-state index in [1.54, 1.807) is 7.11 Å². The highest BCUT2D eigenvalue weighted by molar-refractivity contribution is 4.71. The first-order valence-electron chi connectivity index (χ1n) is 7.50. The molecule has 0 aromatic carbocycles. The van der Waals surface area contributed by atoms with Gasteiger partial charge in [0.25, 0.3) is 0 Å². The van der Waals surface area contributed by atoms with Gasteiger partial charge in [-0.25, -0.2) is 0 Å². The van der Waals surface area contributed by atoms with Crippen LogP contribution in [0.2, 0.25) is 0 Å². The molecule has 19 heavy (non-hydrogen) atoms. The molecule has 5 heteroatoms.